The molecule has 1 atom stereocenters. The molecule has 0 aliphatic carbocycles. The lowest BCUT2D eigenvalue weighted by molar-refractivity contribution is -0.144. The monoisotopic (exact) mass is 250 g/mol. The Kier molecular flexibility index (Phi) is 3.96. The standard InChI is InChI=1S/C12H18N4O2/c1-3-13-10-6-11(15-8-14-10)16-5-4-9(7-16)12(17)18-2/h6,8-9H,3-5,7H2,1-2H3,(H,13,14,15). The molecule has 1 N–H and O–H groups in total. The molecule has 0 radical (unpaired) electrons. The summed E-state index contributed by atoms with van der Waals surface area (Å²) in [6, 6.07) is 1.91. The van der Waals surface area contributed by atoms with E-state index in [9.17, 15) is 4.79 Å². The van der Waals surface area contributed by atoms with E-state index in [4.69, 9.17) is 4.74 Å². The van der Waals surface area contributed by atoms with Crippen LogP contribution in [0.15, 0.2) is 12.4 Å². The van der Waals surface area contributed by atoms with E-state index in [0.717, 1.165) is 31.1 Å². The van der Waals surface area contributed by atoms with Gasteiger partial charge < -0.3 is 15.0 Å². The predicted molar refractivity (Wildman–Crippen MR) is 68.5 cm³/mol. The number of hydrogen-bond acceptors (Lipinski definition) is 6. The predicted octanol–water partition coefficient (Wildman–Crippen LogP) is 0.908. The second kappa shape index (κ2) is 5.66. The van der Waals surface area contributed by atoms with E-state index < -0.39 is 0 Å². The van der Waals surface area contributed by atoms with E-state index in [-0.39, 0.29) is 11.9 Å². The number of nitrogens with one attached hydrogen (secondary N) is 1. The van der Waals surface area contributed by atoms with Crippen molar-refractivity contribution in [3.8, 4) is 0 Å². The number of anilines is 2. The van der Waals surface area contributed by atoms with Crippen LogP contribution in [0.3, 0.4) is 0 Å². The first-order valence-electron chi connectivity index (χ1n) is 6.13. The van der Waals surface area contributed by atoms with Gasteiger partial charge in [0.1, 0.15) is 18.0 Å². The van der Waals surface area contributed by atoms with Gasteiger partial charge in [-0.2, -0.15) is 0 Å². The number of hydrogen-bond donors (Lipinski definition) is 1. The summed E-state index contributed by atoms with van der Waals surface area (Å²) in [6.07, 6.45) is 2.35. The van der Waals surface area contributed by atoms with E-state index in [2.05, 4.69) is 20.2 Å². The third-order valence-electron chi connectivity index (χ3n) is 3.06. The maximum Gasteiger partial charge on any atom is 0.310 e. The molecule has 1 unspecified atom stereocenters. The van der Waals surface area contributed by atoms with Crippen LogP contribution in [0.2, 0.25) is 0 Å². The van der Waals surface area contributed by atoms with Crippen LogP contribution in [0.25, 0.3) is 0 Å². The molecule has 6 heteroatoms. The Morgan fingerprint density at radius 3 is 3.17 bits per heavy atom. The number of ether oxygens (including phenoxy) is 1. The van der Waals surface area contributed by atoms with Crippen LogP contribution in [0.5, 0.6) is 0 Å². The number of aromatic nitrogens is 2. The average Bonchev–Trinajstić information content (AvgIpc) is 2.88. The zero-order chi connectivity index (χ0) is 13.0. The summed E-state index contributed by atoms with van der Waals surface area (Å²) < 4.78 is 4.77. The first kappa shape index (κ1) is 12.6. The summed E-state index contributed by atoms with van der Waals surface area (Å²) in [4.78, 5) is 21.9. The number of nitrogens with zero attached hydrogens (tertiary/aromatic N) is 3. The number of methoxy groups -OCH3 is 1. The van der Waals surface area contributed by atoms with E-state index in [1.807, 2.05) is 13.0 Å². The van der Waals surface area contributed by atoms with Gasteiger partial charge >= 0.3 is 5.97 Å². The van der Waals surface area contributed by atoms with Gasteiger partial charge in [-0.15, -0.1) is 0 Å². The van der Waals surface area contributed by atoms with Crippen LogP contribution < -0.4 is 10.2 Å². The van der Waals surface area contributed by atoms with Crippen LogP contribution in [0.1, 0.15) is 13.3 Å². The quantitative estimate of drug-likeness (QED) is 0.801. The van der Waals surface area contributed by atoms with Crippen molar-refractivity contribution in [2.45, 2.75) is 13.3 Å². The maximum absolute atomic E-state index is 11.5. The minimum absolute atomic E-state index is 0.0486. The normalized spacial score (nSPS) is 18.8. The third kappa shape index (κ3) is 2.69. The molecule has 1 saturated heterocycles. The fourth-order valence-electron chi connectivity index (χ4n) is 2.13. The highest BCUT2D eigenvalue weighted by atomic mass is 16.5. The highest BCUT2D eigenvalue weighted by molar-refractivity contribution is 5.74. The van der Waals surface area contributed by atoms with Gasteiger partial charge in [0, 0.05) is 25.7 Å². The summed E-state index contributed by atoms with van der Waals surface area (Å²) in [5.74, 6) is 1.47. The van der Waals surface area contributed by atoms with Crippen molar-refractivity contribution in [1.29, 1.82) is 0 Å². The fraction of sp³-hybridized carbons (Fsp3) is 0.583. The highest BCUT2D eigenvalue weighted by Crippen LogP contribution is 2.23. The SMILES string of the molecule is CCNc1cc(N2CCC(C(=O)OC)C2)ncn1. The summed E-state index contributed by atoms with van der Waals surface area (Å²) >= 11 is 0. The van der Waals surface area contributed by atoms with Crippen LogP contribution >= 0.6 is 0 Å². The van der Waals surface area contributed by atoms with Crippen molar-refractivity contribution in [3.05, 3.63) is 12.4 Å². The molecule has 0 amide bonds. The molecule has 2 rings (SSSR count). The minimum atomic E-state index is -0.140. The van der Waals surface area contributed by atoms with Crippen LogP contribution in [-0.2, 0) is 9.53 Å². The van der Waals surface area contributed by atoms with E-state index in [1.54, 1.807) is 6.33 Å². The van der Waals surface area contributed by atoms with Crippen molar-refractivity contribution in [3.63, 3.8) is 0 Å². The molecule has 1 aliphatic heterocycles. The van der Waals surface area contributed by atoms with Gasteiger partial charge in [0.15, 0.2) is 0 Å². The number of esters is 1. The molecule has 2 heterocycles. The number of carbonyl (C=O) groups is 1. The average molecular weight is 250 g/mol. The summed E-state index contributed by atoms with van der Waals surface area (Å²) in [6.45, 7) is 4.32. The van der Waals surface area contributed by atoms with Crippen LogP contribution in [0, 0.1) is 5.92 Å². The van der Waals surface area contributed by atoms with E-state index in [0.29, 0.717) is 6.54 Å². The lowest BCUT2D eigenvalue weighted by atomic mass is 10.1. The Labute approximate surface area is 106 Å². The maximum atomic E-state index is 11.5. The lowest BCUT2D eigenvalue weighted by Gasteiger charge is -2.17. The Balaban J connectivity index is 2.04. The van der Waals surface area contributed by atoms with Gasteiger partial charge in [-0.1, -0.05) is 0 Å². The van der Waals surface area contributed by atoms with Crippen molar-refractivity contribution in [2.24, 2.45) is 5.92 Å². The van der Waals surface area contributed by atoms with Crippen LogP contribution in [0.4, 0.5) is 11.6 Å². The fourth-order valence-corrected chi connectivity index (χ4v) is 2.13. The van der Waals surface area contributed by atoms with Gasteiger partial charge in [0.25, 0.3) is 0 Å². The van der Waals surface area contributed by atoms with Crippen LogP contribution in [-0.4, -0.2) is 42.7 Å². The number of rotatable bonds is 4. The Bertz CT molecular complexity index is 424. The summed E-state index contributed by atoms with van der Waals surface area (Å²) in [5.41, 5.74) is 0. The molecule has 1 fully saturated rings. The smallest absolute Gasteiger partial charge is 0.310 e. The largest absolute Gasteiger partial charge is 0.469 e. The molecule has 0 bridgehead atoms. The summed E-state index contributed by atoms with van der Waals surface area (Å²) in [7, 11) is 1.43. The molecule has 1 aliphatic rings. The van der Waals surface area contributed by atoms with Gasteiger partial charge in [-0.25, -0.2) is 9.97 Å². The molecule has 0 spiro atoms. The topological polar surface area (TPSA) is 67.4 Å². The van der Waals surface area contributed by atoms with Gasteiger partial charge in [0.2, 0.25) is 0 Å². The minimum Gasteiger partial charge on any atom is -0.469 e. The molecule has 1 aromatic rings. The zero-order valence-corrected chi connectivity index (χ0v) is 10.7. The Morgan fingerprint density at radius 2 is 2.44 bits per heavy atom. The molecular weight excluding hydrogens is 232 g/mol. The Morgan fingerprint density at radius 1 is 1.61 bits per heavy atom. The summed E-state index contributed by atoms with van der Waals surface area (Å²) in [5, 5.41) is 3.15. The van der Waals surface area contributed by atoms with Crippen molar-refractivity contribution >= 4 is 17.6 Å². The molecule has 18 heavy (non-hydrogen) atoms. The molecule has 0 saturated carbocycles. The van der Waals surface area contributed by atoms with Crippen molar-refractivity contribution in [2.75, 3.05) is 37.0 Å². The molecular formula is C12H18N4O2. The number of carbonyl (C=O) groups excluding carboxylic acids is 1. The molecule has 6 nitrogen and oxygen atoms in total. The van der Waals surface area contributed by atoms with Gasteiger partial charge in [-0.3, -0.25) is 4.79 Å². The third-order valence-corrected chi connectivity index (χ3v) is 3.06. The first-order chi connectivity index (χ1) is 8.74. The lowest BCUT2D eigenvalue weighted by Crippen LogP contribution is -2.24. The zero-order valence-electron chi connectivity index (χ0n) is 10.7. The van der Waals surface area contributed by atoms with Crippen molar-refractivity contribution in [1.82, 2.24) is 9.97 Å². The Hall–Kier alpha value is -1.85. The first-order valence-corrected chi connectivity index (χ1v) is 6.13. The highest BCUT2D eigenvalue weighted by Gasteiger charge is 2.29. The second-order valence-electron chi connectivity index (χ2n) is 4.25. The van der Waals surface area contributed by atoms with E-state index >= 15 is 0 Å². The molecule has 0 aromatic carbocycles. The van der Waals surface area contributed by atoms with Gasteiger partial charge in [0.05, 0.1) is 13.0 Å². The van der Waals surface area contributed by atoms with Gasteiger partial charge in [-0.05, 0) is 13.3 Å². The molecule has 1 aromatic heterocycles. The molecule has 98 valence electrons. The second-order valence-corrected chi connectivity index (χ2v) is 4.25. The van der Waals surface area contributed by atoms with E-state index in [1.165, 1.54) is 7.11 Å². The van der Waals surface area contributed by atoms with Crippen molar-refractivity contribution < 1.29 is 9.53 Å².